The molecule has 1 fully saturated rings. The first-order valence-electron chi connectivity index (χ1n) is 12.5. The number of aromatic nitrogens is 4. The van der Waals surface area contributed by atoms with E-state index in [2.05, 4.69) is 20.8 Å². The molecule has 38 heavy (non-hydrogen) atoms. The maximum absolute atomic E-state index is 12.4. The van der Waals surface area contributed by atoms with Gasteiger partial charge in [-0.1, -0.05) is 49.4 Å². The van der Waals surface area contributed by atoms with Crippen molar-refractivity contribution < 1.29 is 14.1 Å². The number of nitrogens with two attached hydrogens (primary N) is 1. The molecule has 1 saturated carbocycles. The summed E-state index contributed by atoms with van der Waals surface area (Å²) in [6, 6.07) is 12.8. The molecular formula is C27H29N7O3S. The lowest BCUT2D eigenvalue weighted by Gasteiger charge is -2.12. The lowest BCUT2D eigenvalue weighted by molar-refractivity contribution is 0.231. The van der Waals surface area contributed by atoms with Crippen LogP contribution >= 0.6 is 11.3 Å². The van der Waals surface area contributed by atoms with E-state index >= 15 is 0 Å². The van der Waals surface area contributed by atoms with Crippen molar-refractivity contribution in [1.29, 1.82) is 0 Å². The summed E-state index contributed by atoms with van der Waals surface area (Å²) in [6.45, 7) is 7.31. The van der Waals surface area contributed by atoms with Crippen molar-refractivity contribution in [2.75, 3.05) is 23.8 Å². The first kappa shape index (κ1) is 24.4. The largest absolute Gasteiger partial charge is 0.477 e. The van der Waals surface area contributed by atoms with Gasteiger partial charge in [0.25, 0.3) is 0 Å². The Kier molecular flexibility index (Phi) is 5.84. The molecule has 2 amide bonds. The summed E-state index contributed by atoms with van der Waals surface area (Å²) in [5.74, 6) is 1.68. The lowest BCUT2D eigenvalue weighted by atomic mass is 9.93. The van der Waals surface area contributed by atoms with Crippen LogP contribution < -0.4 is 21.1 Å². The number of nitrogens with zero attached hydrogens (tertiary/aromatic N) is 4. The van der Waals surface area contributed by atoms with Crippen molar-refractivity contribution in [2.45, 2.75) is 39.0 Å². The number of anilines is 2. The van der Waals surface area contributed by atoms with Crippen LogP contribution in [0.2, 0.25) is 0 Å². The Morgan fingerprint density at radius 1 is 1.16 bits per heavy atom. The van der Waals surface area contributed by atoms with E-state index in [9.17, 15) is 4.79 Å². The Morgan fingerprint density at radius 2 is 1.95 bits per heavy atom. The van der Waals surface area contributed by atoms with Gasteiger partial charge >= 0.3 is 6.03 Å². The molecule has 0 saturated heterocycles. The van der Waals surface area contributed by atoms with Gasteiger partial charge in [-0.3, -0.25) is 9.72 Å². The molecule has 4 N–H and O–H groups in total. The number of fused-ring (bicyclic) bond motifs is 3. The maximum atomic E-state index is 12.4. The highest BCUT2D eigenvalue weighted by Crippen LogP contribution is 2.44. The smallest absolute Gasteiger partial charge is 0.324 e. The van der Waals surface area contributed by atoms with Crippen molar-refractivity contribution in [3.8, 4) is 17.1 Å². The van der Waals surface area contributed by atoms with Gasteiger partial charge < -0.3 is 20.3 Å². The van der Waals surface area contributed by atoms with E-state index in [-0.39, 0.29) is 10.8 Å². The molecule has 0 unspecified atom stereocenters. The highest BCUT2D eigenvalue weighted by Gasteiger charge is 2.42. The standard InChI is InChI=1S/C27H29N7O3S/c1-26(2,3)20-12-21(33-37-20)31-24(35)29-17-6-4-16(5-7-17)18-13-34-19-8-9-22(32-23(19)38-25(34)30-18)36-15-27(14-28)10-11-27/h4-9,12-13H,10-11,14-15,28H2,1-3H3,(H2,29,31,33,35). The minimum atomic E-state index is -0.397. The second-order valence-corrected chi connectivity index (χ2v) is 11.8. The summed E-state index contributed by atoms with van der Waals surface area (Å²) >= 11 is 1.52. The number of carbonyl (C=O) groups excluding carboxylic acids is 1. The zero-order chi connectivity index (χ0) is 26.5. The van der Waals surface area contributed by atoms with Crippen molar-refractivity contribution in [2.24, 2.45) is 11.1 Å². The number of thiazole rings is 1. The maximum Gasteiger partial charge on any atom is 0.324 e. The molecule has 0 atom stereocenters. The molecule has 1 aliphatic rings. The van der Waals surface area contributed by atoms with Crippen LogP contribution in [-0.4, -0.2) is 38.7 Å². The fourth-order valence-corrected chi connectivity index (χ4v) is 5.06. The molecule has 196 valence electrons. The van der Waals surface area contributed by atoms with Crippen LogP contribution in [0.1, 0.15) is 39.4 Å². The van der Waals surface area contributed by atoms with E-state index in [1.165, 1.54) is 11.3 Å². The minimum absolute atomic E-state index is 0.137. The van der Waals surface area contributed by atoms with Gasteiger partial charge in [0, 0.05) is 47.0 Å². The van der Waals surface area contributed by atoms with E-state index in [1.807, 2.05) is 67.8 Å². The van der Waals surface area contributed by atoms with Crippen LogP contribution in [0.4, 0.5) is 16.3 Å². The minimum Gasteiger partial charge on any atom is -0.477 e. The molecule has 5 aromatic rings. The fourth-order valence-electron chi connectivity index (χ4n) is 4.09. The fraction of sp³-hybridized carbons (Fsp3) is 0.333. The van der Waals surface area contributed by atoms with Crippen LogP contribution in [0, 0.1) is 5.41 Å². The molecule has 1 aliphatic carbocycles. The number of imidazole rings is 1. The summed E-state index contributed by atoms with van der Waals surface area (Å²) in [5, 5.41) is 9.42. The van der Waals surface area contributed by atoms with Gasteiger partial charge in [-0.25, -0.2) is 14.8 Å². The molecule has 1 aromatic carbocycles. The molecule has 0 spiro atoms. The van der Waals surface area contributed by atoms with Crippen molar-refractivity contribution in [3.63, 3.8) is 0 Å². The summed E-state index contributed by atoms with van der Waals surface area (Å²) in [4.78, 5) is 23.6. The third kappa shape index (κ3) is 4.82. The summed E-state index contributed by atoms with van der Waals surface area (Å²) in [6.07, 6.45) is 4.23. The van der Waals surface area contributed by atoms with E-state index in [1.54, 1.807) is 6.07 Å². The van der Waals surface area contributed by atoms with Crippen LogP contribution in [0.25, 0.3) is 26.6 Å². The van der Waals surface area contributed by atoms with Crippen LogP contribution in [0.5, 0.6) is 5.88 Å². The van der Waals surface area contributed by atoms with Gasteiger partial charge in [-0.15, -0.1) is 0 Å². The third-order valence-electron chi connectivity index (χ3n) is 6.78. The lowest BCUT2D eigenvalue weighted by Crippen LogP contribution is -2.23. The Bertz CT molecular complexity index is 1620. The average molecular weight is 532 g/mol. The summed E-state index contributed by atoms with van der Waals surface area (Å²) in [7, 11) is 0. The number of nitrogens with one attached hydrogen (secondary N) is 2. The average Bonchev–Trinajstić information content (AvgIpc) is 3.16. The van der Waals surface area contributed by atoms with E-state index in [0.29, 0.717) is 36.3 Å². The zero-order valence-corrected chi connectivity index (χ0v) is 22.3. The number of pyridine rings is 1. The second-order valence-electron chi connectivity index (χ2n) is 10.8. The number of hydrogen-bond acceptors (Lipinski definition) is 8. The van der Waals surface area contributed by atoms with Crippen molar-refractivity contribution in [1.82, 2.24) is 19.5 Å². The molecule has 4 aromatic heterocycles. The number of carbonyl (C=O) groups is 1. The Balaban J connectivity index is 1.12. The predicted molar refractivity (Wildman–Crippen MR) is 148 cm³/mol. The van der Waals surface area contributed by atoms with Crippen LogP contribution in [0.15, 0.2) is 53.2 Å². The second kappa shape index (κ2) is 9.10. The number of amides is 2. The molecule has 10 nitrogen and oxygen atoms in total. The molecule has 6 rings (SSSR count). The molecule has 0 bridgehead atoms. The number of rotatable bonds is 7. The molecule has 4 heterocycles. The Hall–Kier alpha value is -3.96. The monoisotopic (exact) mass is 531 g/mol. The molecule has 11 heteroatoms. The number of urea groups is 1. The highest BCUT2D eigenvalue weighted by molar-refractivity contribution is 7.23. The Morgan fingerprint density at radius 3 is 2.63 bits per heavy atom. The van der Waals surface area contributed by atoms with Gasteiger partial charge in [0.1, 0.15) is 10.6 Å². The predicted octanol–water partition coefficient (Wildman–Crippen LogP) is 5.66. The topological polar surface area (TPSA) is 133 Å². The molecule has 0 aliphatic heterocycles. The van der Waals surface area contributed by atoms with Gasteiger partial charge in [0.05, 0.1) is 17.8 Å². The van der Waals surface area contributed by atoms with Crippen LogP contribution in [-0.2, 0) is 5.41 Å². The van der Waals surface area contributed by atoms with E-state index < -0.39 is 6.03 Å². The van der Waals surface area contributed by atoms with Gasteiger partial charge in [0.15, 0.2) is 10.8 Å². The van der Waals surface area contributed by atoms with Crippen molar-refractivity contribution in [3.05, 3.63) is 54.4 Å². The molecular weight excluding hydrogens is 502 g/mol. The quantitative estimate of drug-likeness (QED) is 0.247. The van der Waals surface area contributed by atoms with Crippen LogP contribution in [0.3, 0.4) is 0 Å². The number of benzene rings is 1. The van der Waals surface area contributed by atoms with Crippen molar-refractivity contribution >= 4 is 44.2 Å². The molecule has 0 radical (unpaired) electrons. The summed E-state index contributed by atoms with van der Waals surface area (Å²) in [5.41, 5.74) is 9.21. The highest BCUT2D eigenvalue weighted by atomic mass is 32.1. The number of hydrogen-bond donors (Lipinski definition) is 3. The normalized spacial score (nSPS) is 14.6. The SMILES string of the molecule is CC(C)(C)c1cc(NC(=O)Nc2ccc(-c3cn4c(n3)sc3nc(OCC5(CN)CC5)ccc34)cc2)no1. The first-order valence-corrected chi connectivity index (χ1v) is 13.3. The first-order chi connectivity index (χ1) is 18.2. The van der Waals surface area contributed by atoms with E-state index in [4.69, 9.17) is 20.0 Å². The third-order valence-corrected chi connectivity index (χ3v) is 7.75. The summed E-state index contributed by atoms with van der Waals surface area (Å²) < 4.78 is 13.3. The van der Waals surface area contributed by atoms with E-state index in [0.717, 1.165) is 39.4 Å². The Labute approximate surface area is 223 Å². The van der Waals surface area contributed by atoms with Gasteiger partial charge in [-0.05, 0) is 31.0 Å². The van der Waals surface area contributed by atoms with Gasteiger partial charge in [-0.2, -0.15) is 0 Å². The number of ether oxygens (including phenoxy) is 1. The van der Waals surface area contributed by atoms with Gasteiger partial charge in [0.2, 0.25) is 5.88 Å². The zero-order valence-electron chi connectivity index (χ0n) is 21.4.